The van der Waals surface area contributed by atoms with Gasteiger partial charge in [-0.25, -0.2) is 8.78 Å². The molecule has 0 bridgehead atoms. The zero-order valence-corrected chi connectivity index (χ0v) is 17.7. The molecule has 8 heteroatoms. The lowest BCUT2D eigenvalue weighted by Crippen LogP contribution is -2.30. The van der Waals surface area contributed by atoms with Crippen molar-refractivity contribution in [2.24, 2.45) is 0 Å². The van der Waals surface area contributed by atoms with Crippen molar-refractivity contribution >= 4 is 23.1 Å². The van der Waals surface area contributed by atoms with Gasteiger partial charge in [0.2, 0.25) is 0 Å². The summed E-state index contributed by atoms with van der Waals surface area (Å²) in [5.41, 5.74) is 0.420. The van der Waals surface area contributed by atoms with Gasteiger partial charge in [0.15, 0.2) is 0 Å². The highest BCUT2D eigenvalue weighted by Crippen LogP contribution is 2.43. The van der Waals surface area contributed by atoms with E-state index in [2.05, 4.69) is 0 Å². The molecular formula is C25H19F2NO5. The molecule has 1 aliphatic rings. The fourth-order valence-corrected chi connectivity index (χ4v) is 3.90. The molecule has 3 aromatic carbocycles. The number of phenols is 1. The number of benzene rings is 3. The third-order valence-corrected chi connectivity index (χ3v) is 5.51. The second-order valence-corrected chi connectivity index (χ2v) is 7.54. The van der Waals surface area contributed by atoms with E-state index >= 15 is 0 Å². The van der Waals surface area contributed by atoms with Gasteiger partial charge in [0.05, 0.1) is 24.4 Å². The lowest BCUT2D eigenvalue weighted by atomic mass is 9.93. The Labute approximate surface area is 188 Å². The van der Waals surface area contributed by atoms with Crippen molar-refractivity contribution in [1.29, 1.82) is 0 Å². The third-order valence-electron chi connectivity index (χ3n) is 5.51. The molecule has 1 heterocycles. The molecule has 3 aromatic rings. The molecule has 0 radical (unpaired) electrons. The molecule has 1 saturated heterocycles. The standard InChI is InChI=1S/C25H19F2NO5/c1-13-11-17(33-2)8-9-18(13)23(30)21-22(14-3-6-16(29)7-4-14)28(25(32)24(21)31)20-12-15(26)5-10-19(20)27/h3-12,22,29-30H,1-2H3/b23-21-. The van der Waals surface area contributed by atoms with Crippen LogP contribution in [-0.2, 0) is 9.59 Å². The zero-order valence-electron chi connectivity index (χ0n) is 17.7. The van der Waals surface area contributed by atoms with E-state index in [1.807, 2.05) is 0 Å². The minimum Gasteiger partial charge on any atom is -0.508 e. The van der Waals surface area contributed by atoms with Gasteiger partial charge < -0.3 is 14.9 Å². The lowest BCUT2D eigenvalue weighted by Gasteiger charge is -2.26. The summed E-state index contributed by atoms with van der Waals surface area (Å²) in [6, 6.07) is 11.6. The predicted octanol–water partition coefficient (Wildman–Crippen LogP) is 4.61. The minimum absolute atomic E-state index is 0.0707. The van der Waals surface area contributed by atoms with E-state index in [9.17, 15) is 28.6 Å². The molecule has 168 valence electrons. The van der Waals surface area contributed by atoms with E-state index in [1.54, 1.807) is 19.1 Å². The van der Waals surface area contributed by atoms with E-state index in [-0.39, 0.29) is 16.9 Å². The lowest BCUT2D eigenvalue weighted by molar-refractivity contribution is -0.132. The molecule has 0 aromatic heterocycles. The number of aromatic hydroxyl groups is 1. The Balaban J connectivity index is 1.98. The number of aliphatic hydroxyl groups is 1. The molecule has 1 unspecified atom stereocenters. The van der Waals surface area contributed by atoms with E-state index in [4.69, 9.17) is 4.74 Å². The Morgan fingerprint density at radius 2 is 1.70 bits per heavy atom. The average molecular weight is 451 g/mol. The highest BCUT2D eigenvalue weighted by Gasteiger charge is 2.48. The summed E-state index contributed by atoms with van der Waals surface area (Å²) >= 11 is 0. The van der Waals surface area contributed by atoms with Gasteiger partial charge in [-0.05, 0) is 60.5 Å². The molecule has 33 heavy (non-hydrogen) atoms. The Hall–Kier alpha value is -4.20. The first-order chi connectivity index (χ1) is 15.7. The van der Waals surface area contributed by atoms with Gasteiger partial charge in [0.25, 0.3) is 11.7 Å². The van der Waals surface area contributed by atoms with Gasteiger partial charge in [-0.15, -0.1) is 0 Å². The number of anilines is 1. The maximum atomic E-state index is 14.7. The SMILES string of the molecule is COc1ccc(/C(O)=C2/C(=O)C(=O)N(c3cc(F)ccc3F)C2c2ccc(O)cc2)c(C)c1. The van der Waals surface area contributed by atoms with E-state index in [0.29, 0.717) is 16.9 Å². The van der Waals surface area contributed by atoms with Gasteiger partial charge >= 0.3 is 0 Å². The Morgan fingerprint density at radius 3 is 2.33 bits per heavy atom. The molecule has 2 N–H and O–H groups in total. The molecule has 6 nitrogen and oxygen atoms in total. The van der Waals surface area contributed by atoms with Crippen LogP contribution in [0.15, 0.2) is 66.2 Å². The maximum Gasteiger partial charge on any atom is 0.300 e. The highest BCUT2D eigenvalue weighted by molar-refractivity contribution is 6.51. The van der Waals surface area contributed by atoms with Gasteiger partial charge in [-0.1, -0.05) is 12.1 Å². The van der Waals surface area contributed by atoms with Gasteiger partial charge in [-0.3, -0.25) is 14.5 Å². The van der Waals surface area contributed by atoms with Crippen LogP contribution in [-0.4, -0.2) is 29.0 Å². The van der Waals surface area contributed by atoms with Crippen LogP contribution in [0.25, 0.3) is 5.76 Å². The number of ketones is 1. The van der Waals surface area contributed by atoms with Crippen molar-refractivity contribution < 1.29 is 33.3 Å². The van der Waals surface area contributed by atoms with E-state index < -0.39 is 40.8 Å². The summed E-state index contributed by atoms with van der Waals surface area (Å²) in [5, 5.41) is 20.8. The van der Waals surface area contributed by atoms with Crippen molar-refractivity contribution in [1.82, 2.24) is 0 Å². The number of ether oxygens (including phenoxy) is 1. The normalized spacial score (nSPS) is 17.5. The molecular weight excluding hydrogens is 432 g/mol. The van der Waals surface area contributed by atoms with Crippen molar-refractivity contribution in [2.45, 2.75) is 13.0 Å². The van der Waals surface area contributed by atoms with Crippen LogP contribution in [0.3, 0.4) is 0 Å². The molecule has 0 spiro atoms. The first kappa shape index (κ1) is 22.0. The molecule has 1 fully saturated rings. The van der Waals surface area contributed by atoms with Crippen molar-refractivity contribution in [3.05, 3.63) is 94.6 Å². The Bertz CT molecular complexity index is 1300. The molecule has 0 saturated carbocycles. The fraction of sp³-hybridized carbons (Fsp3) is 0.120. The number of nitrogens with zero attached hydrogens (tertiary/aromatic N) is 1. The number of carbonyl (C=O) groups excluding carboxylic acids is 2. The van der Waals surface area contributed by atoms with Crippen molar-refractivity contribution in [3.63, 3.8) is 0 Å². The summed E-state index contributed by atoms with van der Waals surface area (Å²) in [4.78, 5) is 26.9. The molecule has 1 aliphatic heterocycles. The summed E-state index contributed by atoms with van der Waals surface area (Å²) in [5.74, 6) is -3.90. The number of amides is 1. The maximum absolute atomic E-state index is 14.7. The first-order valence-electron chi connectivity index (χ1n) is 9.93. The highest BCUT2D eigenvalue weighted by atomic mass is 19.1. The summed E-state index contributed by atoms with van der Waals surface area (Å²) in [6.07, 6.45) is 0. The largest absolute Gasteiger partial charge is 0.508 e. The van der Waals surface area contributed by atoms with Gasteiger partial charge in [0, 0.05) is 11.6 Å². The number of carbonyl (C=O) groups is 2. The first-order valence-corrected chi connectivity index (χ1v) is 9.93. The number of rotatable bonds is 4. The Kier molecular flexibility index (Phi) is 5.59. The van der Waals surface area contributed by atoms with E-state index in [1.165, 1.54) is 37.4 Å². The average Bonchev–Trinajstić information content (AvgIpc) is 3.06. The number of hydrogen-bond acceptors (Lipinski definition) is 5. The second kappa shape index (κ2) is 8.38. The van der Waals surface area contributed by atoms with Crippen LogP contribution < -0.4 is 9.64 Å². The molecule has 4 rings (SSSR count). The minimum atomic E-state index is -1.26. The number of aryl methyl sites for hydroxylation is 1. The number of aliphatic hydroxyl groups excluding tert-OH is 1. The second-order valence-electron chi connectivity index (χ2n) is 7.54. The zero-order chi connectivity index (χ0) is 23.9. The number of phenolic OH excluding ortho intramolecular Hbond substituents is 1. The quantitative estimate of drug-likeness (QED) is 0.344. The van der Waals surface area contributed by atoms with Crippen LogP contribution in [0.4, 0.5) is 14.5 Å². The molecule has 0 aliphatic carbocycles. The number of hydrogen-bond donors (Lipinski definition) is 2. The molecule has 1 amide bonds. The van der Waals surface area contributed by atoms with Gasteiger partial charge in [0.1, 0.15) is 28.9 Å². The predicted molar refractivity (Wildman–Crippen MR) is 117 cm³/mol. The summed E-state index contributed by atoms with van der Waals surface area (Å²) in [7, 11) is 1.48. The molecule has 1 atom stereocenters. The summed E-state index contributed by atoms with van der Waals surface area (Å²) in [6.45, 7) is 1.69. The smallest absolute Gasteiger partial charge is 0.300 e. The monoisotopic (exact) mass is 451 g/mol. The van der Waals surface area contributed by atoms with Crippen molar-refractivity contribution in [3.8, 4) is 11.5 Å². The number of halogens is 2. The number of methoxy groups -OCH3 is 1. The van der Waals surface area contributed by atoms with Crippen LogP contribution in [0.1, 0.15) is 22.7 Å². The van der Waals surface area contributed by atoms with Crippen LogP contribution >= 0.6 is 0 Å². The fourth-order valence-electron chi connectivity index (χ4n) is 3.90. The Morgan fingerprint density at radius 1 is 1.00 bits per heavy atom. The van der Waals surface area contributed by atoms with Crippen molar-refractivity contribution in [2.75, 3.05) is 12.0 Å². The van der Waals surface area contributed by atoms with Crippen LogP contribution in [0.2, 0.25) is 0 Å². The van der Waals surface area contributed by atoms with Crippen LogP contribution in [0, 0.1) is 18.6 Å². The third kappa shape index (κ3) is 3.80. The van der Waals surface area contributed by atoms with Gasteiger partial charge in [-0.2, -0.15) is 0 Å². The van der Waals surface area contributed by atoms with Crippen LogP contribution in [0.5, 0.6) is 11.5 Å². The summed E-state index contributed by atoms with van der Waals surface area (Å²) < 4.78 is 33.8. The number of Topliss-reactive ketones (excluding diaryl/α,β-unsaturated/α-hetero) is 1. The topological polar surface area (TPSA) is 87.1 Å². The van der Waals surface area contributed by atoms with E-state index in [0.717, 1.165) is 23.1 Å².